The van der Waals surface area contributed by atoms with Gasteiger partial charge < -0.3 is 10.1 Å². The number of nitrogens with one attached hydrogen (secondary N) is 2. The molecule has 0 aliphatic rings. The molecule has 84 valence electrons. The summed E-state index contributed by atoms with van der Waals surface area (Å²) in [5.41, 5.74) is 0.499. The second-order valence-corrected chi connectivity index (χ2v) is 4.16. The smallest absolute Gasteiger partial charge is 0.322 e. The van der Waals surface area contributed by atoms with Crippen molar-refractivity contribution < 1.29 is 18.3 Å². The lowest BCUT2D eigenvalue weighted by atomic mass is 10.2. The molecule has 0 bridgehead atoms. The van der Waals surface area contributed by atoms with E-state index in [0.29, 0.717) is 5.69 Å². The van der Waals surface area contributed by atoms with Crippen LogP contribution < -0.4 is 9.86 Å². The molecule has 1 heterocycles. The third-order valence-electron chi connectivity index (χ3n) is 1.58. The highest BCUT2D eigenvalue weighted by atomic mass is 32.2. The highest BCUT2D eigenvalue weighted by Crippen LogP contribution is 1.99. The number of H-pyrrole nitrogens is 1. The van der Waals surface area contributed by atoms with E-state index in [2.05, 4.69) is 15.1 Å². The van der Waals surface area contributed by atoms with Crippen molar-refractivity contribution in [1.82, 2.24) is 14.7 Å². The molecule has 0 amide bonds. The SMILES string of the molecule is NS(=O)(=O)NC(Cc1cnc[nH]1)C(=O)O. The molecule has 0 saturated carbocycles. The van der Waals surface area contributed by atoms with Crippen LogP contribution in [0.15, 0.2) is 12.5 Å². The van der Waals surface area contributed by atoms with Crippen molar-refractivity contribution in [3.63, 3.8) is 0 Å². The van der Waals surface area contributed by atoms with Gasteiger partial charge in [-0.3, -0.25) is 4.79 Å². The summed E-state index contributed by atoms with van der Waals surface area (Å²) in [6.45, 7) is 0. The number of hydrogen-bond donors (Lipinski definition) is 4. The van der Waals surface area contributed by atoms with Crippen molar-refractivity contribution in [2.75, 3.05) is 0 Å². The first-order valence-electron chi connectivity index (χ1n) is 3.88. The van der Waals surface area contributed by atoms with Gasteiger partial charge in [0.15, 0.2) is 0 Å². The van der Waals surface area contributed by atoms with E-state index in [1.54, 1.807) is 4.72 Å². The molecule has 1 atom stereocenters. The average molecular weight is 234 g/mol. The van der Waals surface area contributed by atoms with E-state index in [-0.39, 0.29) is 6.42 Å². The first kappa shape index (κ1) is 11.6. The second kappa shape index (κ2) is 4.38. The number of carboxylic acids is 1. The monoisotopic (exact) mass is 234 g/mol. The van der Waals surface area contributed by atoms with Crippen LogP contribution in [-0.2, 0) is 21.4 Å². The summed E-state index contributed by atoms with van der Waals surface area (Å²) in [5.74, 6) is -1.31. The van der Waals surface area contributed by atoms with Crippen molar-refractivity contribution in [3.05, 3.63) is 18.2 Å². The third-order valence-corrected chi connectivity index (χ3v) is 2.20. The molecule has 0 radical (unpaired) electrons. The van der Waals surface area contributed by atoms with Crippen LogP contribution in [0.4, 0.5) is 0 Å². The van der Waals surface area contributed by atoms with Gasteiger partial charge in [0.1, 0.15) is 6.04 Å². The number of aliphatic carboxylic acids is 1. The zero-order valence-corrected chi connectivity index (χ0v) is 8.36. The summed E-state index contributed by atoms with van der Waals surface area (Å²) >= 11 is 0. The Balaban J connectivity index is 2.72. The minimum absolute atomic E-state index is 0.0498. The zero-order valence-electron chi connectivity index (χ0n) is 7.54. The Hall–Kier alpha value is -1.45. The van der Waals surface area contributed by atoms with E-state index in [1.807, 2.05) is 0 Å². The number of carboxylic acid groups (broad SMARTS) is 1. The minimum Gasteiger partial charge on any atom is -0.480 e. The highest BCUT2D eigenvalue weighted by Gasteiger charge is 2.22. The van der Waals surface area contributed by atoms with Gasteiger partial charge in [-0.1, -0.05) is 0 Å². The molecule has 0 spiro atoms. The van der Waals surface area contributed by atoms with Crippen LogP contribution in [0.25, 0.3) is 0 Å². The summed E-state index contributed by atoms with van der Waals surface area (Å²) in [5, 5.41) is 13.4. The van der Waals surface area contributed by atoms with Gasteiger partial charge in [-0.25, -0.2) is 10.1 Å². The molecule has 0 saturated heterocycles. The number of aromatic nitrogens is 2. The molecule has 1 aromatic rings. The van der Waals surface area contributed by atoms with Crippen molar-refractivity contribution in [3.8, 4) is 0 Å². The van der Waals surface area contributed by atoms with Crippen molar-refractivity contribution >= 4 is 16.2 Å². The van der Waals surface area contributed by atoms with Gasteiger partial charge in [-0.15, -0.1) is 0 Å². The lowest BCUT2D eigenvalue weighted by Crippen LogP contribution is -2.45. The molecule has 0 fully saturated rings. The number of nitrogens with zero attached hydrogens (tertiary/aromatic N) is 1. The predicted molar refractivity (Wildman–Crippen MR) is 50.0 cm³/mol. The van der Waals surface area contributed by atoms with E-state index in [1.165, 1.54) is 12.5 Å². The van der Waals surface area contributed by atoms with Gasteiger partial charge >= 0.3 is 5.97 Å². The molecular formula is C6H10N4O4S. The van der Waals surface area contributed by atoms with Gasteiger partial charge in [0.05, 0.1) is 6.33 Å². The summed E-state index contributed by atoms with van der Waals surface area (Å²) < 4.78 is 23.1. The Labute approximate surface area is 85.7 Å². The summed E-state index contributed by atoms with van der Waals surface area (Å²) in [6, 6.07) is -1.31. The second-order valence-electron chi connectivity index (χ2n) is 2.83. The van der Waals surface area contributed by atoms with Gasteiger partial charge in [0.25, 0.3) is 10.2 Å². The molecule has 5 N–H and O–H groups in total. The number of nitrogens with two attached hydrogens (primary N) is 1. The number of hydrogen-bond acceptors (Lipinski definition) is 4. The number of rotatable bonds is 5. The van der Waals surface area contributed by atoms with E-state index < -0.39 is 22.2 Å². The van der Waals surface area contributed by atoms with E-state index in [9.17, 15) is 13.2 Å². The van der Waals surface area contributed by atoms with Crippen molar-refractivity contribution in [2.45, 2.75) is 12.5 Å². The third kappa shape index (κ3) is 4.06. The van der Waals surface area contributed by atoms with Gasteiger partial charge in [0, 0.05) is 18.3 Å². The van der Waals surface area contributed by atoms with Crippen molar-refractivity contribution in [2.24, 2.45) is 5.14 Å². The Morgan fingerprint density at radius 3 is 2.80 bits per heavy atom. The molecule has 0 aliphatic carbocycles. The minimum atomic E-state index is -4.04. The topological polar surface area (TPSA) is 138 Å². The lowest BCUT2D eigenvalue weighted by Gasteiger charge is -2.10. The summed E-state index contributed by atoms with van der Waals surface area (Å²) in [4.78, 5) is 17.0. The molecule has 0 aromatic carbocycles. The first-order chi connectivity index (χ1) is 6.88. The Kier molecular flexibility index (Phi) is 3.39. The molecule has 0 aliphatic heterocycles. The van der Waals surface area contributed by atoms with Crippen LogP contribution in [0.2, 0.25) is 0 Å². The number of imidazole rings is 1. The zero-order chi connectivity index (χ0) is 11.5. The standard InChI is InChI=1S/C6H10N4O4S/c7-15(13,14)10-5(6(11)12)1-4-2-8-3-9-4/h2-3,5,10H,1H2,(H,8,9)(H,11,12)(H2,7,13,14). The Morgan fingerprint density at radius 1 is 1.73 bits per heavy atom. The van der Waals surface area contributed by atoms with Gasteiger partial charge in [0.2, 0.25) is 0 Å². The first-order valence-corrected chi connectivity index (χ1v) is 5.43. The molecule has 9 heteroatoms. The van der Waals surface area contributed by atoms with Crippen LogP contribution in [0.3, 0.4) is 0 Å². The fraction of sp³-hybridized carbons (Fsp3) is 0.333. The number of aromatic amines is 1. The normalized spacial score (nSPS) is 13.7. The maximum atomic E-state index is 10.7. The maximum absolute atomic E-state index is 10.7. The molecule has 8 nitrogen and oxygen atoms in total. The Bertz CT molecular complexity index is 426. The fourth-order valence-electron chi connectivity index (χ4n) is 0.994. The van der Waals surface area contributed by atoms with Crippen LogP contribution in [0.1, 0.15) is 5.69 Å². The van der Waals surface area contributed by atoms with Gasteiger partial charge in [-0.2, -0.15) is 13.1 Å². The van der Waals surface area contributed by atoms with E-state index in [4.69, 9.17) is 5.11 Å². The molecule has 1 rings (SSSR count). The van der Waals surface area contributed by atoms with Crippen molar-refractivity contribution in [1.29, 1.82) is 0 Å². The molecule has 1 aromatic heterocycles. The fourth-order valence-corrected chi connectivity index (χ4v) is 1.57. The van der Waals surface area contributed by atoms with Gasteiger partial charge in [-0.05, 0) is 0 Å². The van der Waals surface area contributed by atoms with Crippen LogP contribution >= 0.6 is 0 Å². The van der Waals surface area contributed by atoms with E-state index in [0.717, 1.165) is 0 Å². The molecule has 1 unspecified atom stereocenters. The quantitative estimate of drug-likeness (QED) is 0.476. The Morgan fingerprint density at radius 2 is 2.40 bits per heavy atom. The molecule has 15 heavy (non-hydrogen) atoms. The average Bonchev–Trinajstić information content (AvgIpc) is 2.52. The van der Waals surface area contributed by atoms with E-state index >= 15 is 0 Å². The highest BCUT2D eigenvalue weighted by molar-refractivity contribution is 7.87. The van der Waals surface area contributed by atoms with Crippen LogP contribution in [0, 0.1) is 0 Å². The molecular weight excluding hydrogens is 224 g/mol. The van der Waals surface area contributed by atoms with Crippen LogP contribution in [0.5, 0.6) is 0 Å². The largest absolute Gasteiger partial charge is 0.480 e. The number of carbonyl (C=O) groups is 1. The summed E-state index contributed by atoms with van der Waals surface area (Å²) in [7, 11) is -4.04. The van der Waals surface area contributed by atoms with Crippen LogP contribution in [-0.4, -0.2) is 35.5 Å². The predicted octanol–water partition coefficient (Wildman–Crippen LogP) is -1.80. The lowest BCUT2D eigenvalue weighted by molar-refractivity contribution is -0.138. The summed E-state index contributed by atoms with van der Waals surface area (Å²) in [6.07, 6.45) is 2.72. The maximum Gasteiger partial charge on any atom is 0.322 e.